The molecule has 1 aliphatic heterocycles. The van der Waals surface area contributed by atoms with Gasteiger partial charge in [-0.1, -0.05) is 44.2 Å². The van der Waals surface area contributed by atoms with Crippen LogP contribution < -0.4 is 5.32 Å². The number of hydrogen-bond donors (Lipinski definition) is 1. The van der Waals surface area contributed by atoms with E-state index in [0.29, 0.717) is 0 Å². The summed E-state index contributed by atoms with van der Waals surface area (Å²) in [6, 6.07) is 8.53. The van der Waals surface area contributed by atoms with Crippen LogP contribution in [-0.4, -0.2) is 28.3 Å². The van der Waals surface area contributed by atoms with Crippen LogP contribution in [0.4, 0.5) is 0 Å². The van der Waals surface area contributed by atoms with Gasteiger partial charge in [0.25, 0.3) is 0 Å². The highest BCUT2D eigenvalue weighted by atomic mass is 16.2. The van der Waals surface area contributed by atoms with Crippen molar-refractivity contribution in [1.82, 2.24) is 10.2 Å². The van der Waals surface area contributed by atoms with E-state index in [4.69, 9.17) is 0 Å². The van der Waals surface area contributed by atoms with Crippen molar-refractivity contribution >= 4 is 11.8 Å². The summed E-state index contributed by atoms with van der Waals surface area (Å²) in [4.78, 5) is 27.1. The molecule has 1 aromatic rings. The molecule has 4 heteroatoms. The molecule has 4 nitrogen and oxygen atoms in total. The van der Waals surface area contributed by atoms with E-state index in [0.717, 1.165) is 18.4 Å². The second-order valence-corrected chi connectivity index (χ2v) is 5.96. The molecule has 0 spiro atoms. The number of amides is 2. The predicted molar refractivity (Wildman–Crippen MR) is 82.6 cm³/mol. The van der Waals surface area contributed by atoms with Gasteiger partial charge >= 0.3 is 0 Å². The number of carbonyl (C=O) groups is 2. The summed E-state index contributed by atoms with van der Waals surface area (Å²) in [7, 11) is 0. The molecule has 0 aliphatic carbocycles. The van der Waals surface area contributed by atoms with Crippen LogP contribution in [-0.2, 0) is 9.59 Å². The first-order valence-electron chi connectivity index (χ1n) is 7.63. The van der Waals surface area contributed by atoms with Gasteiger partial charge in [0.05, 0.1) is 0 Å². The van der Waals surface area contributed by atoms with Crippen LogP contribution in [0.2, 0.25) is 0 Å². The first kappa shape index (κ1) is 15.5. The fourth-order valence-electron chi connectivity index (χ4n) is 2.91. The van der Waals surface area contributed by atoms with E-state index in [2.05, 4.69) is 26.1 Å². The number of nitrogens with zero attached hydrogens (tertiary/aromatic N) is 1. The number of piperazine rings is 1. The highest BCUT2D eigenvalue weighted by Gasteiger charge is 2.46. The number of hydrogen-bond acceptors (Lipinski definition) is 2. The Balaban J connectivity index is 2.52. The molecule has 1 aliphatic rings. The number of benzene rings is 1. The third-order valence-electron chi connectivity index (χ3n) is 4.69. The smallest absolute Gasteiger partial charge is 0.248 e. The van der Waals surface area contributed by atoms with Crippen molar-refractivity contribution in [1.29, 1.82) is 0 Å². The van der Waals surface area contributed by atoms with Gasteiger partial charge in [0, 0.05) is 5.54 Å². The van der Waals surface area contributed by atoms with Gasteiger partial charge in [-0.25, -0.2) is 0 Å². The minimum absolute atomic E-state index is 0.00495. The SMILES string of the molecule is CCC(C)(CC)N1C(=O)C(C)NC(=O)C1c1ccccc1. The zero-order chi connectivity index (χ0) is 15.6. The normalized spacial score (nSPS) is 23.1. The van der Waals surface area contributed by atoms with Crippen molar-refractivity contribution in [3.05, 3.63) is 35.9 Å². The van der Waals surface area contributed by atoms with Crippen LogP contribution in [0, 0.1) is 0 Å². The zero-order valence-corrected chi connectivity index (χ0v) is 13.2. The lowest BCUT2D eigenvalue weighted by Gasteiger charge is -2.48. The van der Waals surface area contributed by atoms with Crippen LogP contribution in [0.25, 0.3) is 0 Å². The summed E-state index contributed by atoms with van der Waals surface area (Å²) in [6.07, 6.45) is 1.64. The first-order chi connectivity index (χ1) is 9.94. The first-order valence-corrected chi connectivity index (χ1v) is 7.63. The lowest BCUT2D eigenvalue weighted by atomic mass is 9.87. The molecule has 2 unspecified atom stereocenters. The lowest BCUT2D eigenvalue weighted by molar-refractivity contribution is -0.157. The predicted octanol–water partition coefficient (Wildman–Crippen LogP) is 2.65. The maximum atomic E-state index is 12.7. The van der Waals surface area contributed by atoms with Gasteiger partial charge in [-0.3, -0.25) is 9.59 Å². The minimum Gasteiger partial charge on any atom is -0.342 e. The van der Waals surface area contributed by atoms with Gasteiger partial charge in [-0.15, -0.1) is 0 Å². The van der Waals surface area contributed by atoms with E-state index in [9.17, 15) is 9.59 Å². The second kappa shape index (κ2) is 5.88. The van der Waals surface area contributed by atoms with Crippen molar-refractivity contribution in [2.75, 3.05) is 0 Å². The summed E-state index contributed by atoms with van der Waals surface area (Å²) < 4.78 is 0. The highest BCUT2D eigenvalue weighted by Crippen LogP contribution is 2.35. The van der Waals surface area contributed by atoms with Crippen molar-refractivity contribution in [2.24, 2.45) is 0 Å². The largest absolute Gasteiger partial charge is 0.342 e. The standard InChI is InChI=1S/C17H24N2O2/c1-5-17(4,6-2)19-14(13-10-8-7-9-11-13)15(20)18-12(3)16(19)21/h7-12,14H,5-6H2,1-4H3,(H,18,20). The molecule has 1 saturated heterocycles. The van der Waals surface area contributed by atoms with Crippen LogP contribution in [0.5, 0.6) is 0 Å². The summed E-state index contributed by atoms with van der Waals surface area (Å²) >= 11 is 0. The number of nitrogens with one attached hydrogen (secondary N) is 1. The molecule has 2 atom stereocenters. The maximum absolute atomic E-state index is 12.7. The van der Waals surface area contributed by atoms with Crippen LogP contribution in [0.3, 0.4) is 0 Å². The van der Waals surface area contributed by atoms with Crippen molar-refractivity contribution in [2.45, 2.75) is 58.2 Å². The Morgan fingerprint density at radius 3 is 2.24 bits per heavy atom. The molecule has 21 heavy (non-hydrogen) atoms. The van der Waals surface area contributed by atoms with E-state index in [1.807, 2.05) is 30.3 Å². The fraction of sp³-hybridized carbons (Fsp3) is 0.529. The maximum Gasteiger partial charge on any atom is 0.248 e. The molecule has 0 radical (unpaired) electrons. The van der Waals surface area contributed by atoms with E-state index < -0.39 is 12.1 Å². The molecule has 0 saturated carbocycles. The molecule has 1 aromatic carbocycles. The van der Waals surface area contributed by atoms with Gasteiger partial charge in [-0.2, -0.15) is 0 Å². The Hall–Kier alpha value is -1.84. The van der Waals surface area contributed by atoms with Gasteiger partial charge in [0.15, 0.2) is 0 Å². The van der Waals surface area contributed by atoms with Gasteiger partial charge in [-0.05, 0) is 32.3 Å². The molecule has 1 heterocycles. The summed E-state index contributed by atoms with van der Waals surface area (Å²) in [5, 5.41) is 2.80. The van der Waals surface area contributed by atoms with E-state index >= 15 is 0 Å². The molecular formula is C17H24N2O2. The number of rotatable bonds is 4. The molecular weight excluding hydrogens is 264 g/mol. The quantitative estimate of drug-likeness (QED) is 0.926. The van der Waals surface area contributed by atoms with E-state index in [-0.39, 0.29) is 17.4 Å². The average molecular weight is 288 g/mol. The molecule has 2 amide bonds. The van der Waals surface area contributed by atoms with Gasteiger partial charge < -0.3 is 10.2 Å². The van der Waals surface area contributed by atoms with Crippen LogP contribution >= 0.6 is 0 Å². The highest BCUT2D eigenvalue weighted by molar-refractivity contribution is 5.97. The van der Waals surface area contributed by atoms with E-state index in [1.54, 1.807) is 11.8 Å². The summed E-state index contributed by atoms with van der Waals surface area (Å²) in [5.74, 6) is -0.101. The summed E-state index contributed by atoms with van der Waals surface area (Å²) in [6.45, 7) is 7.94. The minimum atomic E-state index is -0.542. The molecule has 0 bridgehead atoms. The zero-order valence-electron chi connectivity index (χ0n) is 13.2. The molecule has 2 rings (SSSR count). The molecule has 1 N–H and O–H groups in total. The third kappa shape index (κ3) is 2.67. The Kier molecular flexibility index (Phi) is 4.35. The van der Waals surface area contributed by atoms with E-state index in [1.165, 1.54) is 0 Å². The van der Waals surface area contributed by atoms with Gasteiger partial charge in [0.1, 0.15) is 12.1 Å². The third-order valence-corrected chi connectivity index (χ3v) is 4.69. The van der Waals surface area contributed by atoms with Crippen molar-refractivity contribution in [3.8, 4) is 0 Å². The monoisotopic (exact) mass is 288 g/mol. The Morgan fingerprint density at radius 2 is 1.71 bits per heavy atom. The molecule has 1 fully saturated rings. The molecule has 0 aromatic heterocycles. The average Bonchev–Trinajstić information content (AvgIpc) is 2.50. The number of carbonyl (C=O) groups excluding carboxylic acids is 2. The fourth-order valence-corrected chi connectivity index (χ4v) is 2.91. The molecule has 114 valence electrons. The van der Waals surface area contributed by atoms with Crippen molar-refractivity contribution < 1.29 is 9.59 Å². The summed E-state index contributed by atoms with van der Waals surface area (Å²) in [5.41, 5.74) is 0.548. The Labute approximate surface area is 126 Å². The van der Waals surface area contributed by atoms with Crippen LogP contribution in [0.15, 0.2) is 30.3 Å². The van der Waals surface area contributed by atoms with Crippen LogP contribution in [0.1, 0.15) is 52.1 Å². The van der Waals surface area contributed by atoms with Gasteiger partial charge in [0.2, 0.25) is 11.8 Å². The topological polar surface area (TPSA) is 49.4 Å². The Morgan fingerprint density at radius 1 is 1.14 bits per heavy atom. The van der Waals surface area contributed by atoms with Crippen molar-refractivity contribution in [3.63, 3.8) is 0 Å². The lowest BCUT2D eigenvalue weighted by Crippen LogP contribution is -2.64. The second-order valence-electron chi connectivity index (χ2n) is 5.96. The Bertz CT molecular complexity index is 523.